The molecule has 120 valence electrons. The van der Waals surface area contributed by atoms with Crippen LogP contribution in [0.25, 0.3) is 0 Å². The van der Waals surface area contributed by atoms with Gasteiger partial charge in [-0.2, -0.15) is 0 Å². The highest BCUT2D eigenvalue weighted by molar-refractivity contribution is 7.16. The number of hydrogen-bond donors (Lipinski definition) is 1. The van der Waals surface area contributed by atoms with E-state index in [0.29, 0.717) is 6.10 Å². The van der Waals surface area contributed by atoms with Gasteiger partial charge in [0.2, 0.25) is 0 Å². The molecule has 2 rings (SSSR count). The molecule has 3 unspecified atom stereocenters. The first-order valence-corrected chi connectivity index (χ1v) is 9.21. The summed E-state index contributed by atoms with van der Waals surface area (Å²) in [5, 5.41) is 0. The minimum atomic E-state index is 0.143. The third-order valence-electron chi connectivity index (χ3n) is 4.12. The normalized spacial score (nSPS) is 23.1. The molecule has 1 aromatic heterocycles. The standard InChI is InChI=1S/C16H27ClN2OS/c1-3-10-20-12-6-5-9-19(11-12)16(13(18)4-2)14-7-8-15(17)21-14/h7-8,12-13,16H,3-6,9-11,18H2,1-2H3. The van der Waals surface area contributed by atoms with Crippen molar-refractivity contribution in [2.45, 2.75) is 57.7 Å². The van der Waals surface area contributed by atoms with Crippen LogP contribution < -0.4 is 5.73 Å². The first kappa shape index (κ1) is 17.2. The van der Waals surface area contributed by atoms with Gasteiger partial charge in [0.15, 0.2) is 0 Å². The van der Waals surface area contributed by atoms with Gasteiger partial charge >= 0.3 is 0 Å². The highest BCUT2D eigenvalue weighted by Gasteiger charge is 2.31. The van der Waals surface area contributed by atoms with Gasteiger partial charge in [-0.1, -0.05) is 25.4 Å². The van der Waals surface area contributed by atoms with Crippen LogP contribution in [0.15, 0.2) is 12.1 Å². The molecule has 0 aromatic carbocycles. The van der Waals surface area contributed by atoms with Crippen molar-refractivity contribution >= 4 is 22.9 Å². The number of nitrogens with two attached hydrogens (primary N) is 1. The monoisotopic (exact) mass is 330 g/mol. The minimum Gasteiger partial charge on any atom is -0.377 e. The predicted molar refractivity (Wildman–Crippen MR) is 91.2 cm³/mol. The summed E-state index contributed by atoms with van der Waals surface area (Å²) < 4.78 is 6.80. The Morgan fingerprint density at radius 1 is 1.48 bits per heavy atom. The molecule has 1 aliphatic heterocycles. The van der Waals surface area contributed by atoms with E-state index in [9.17, 15) is 0 Å². The summed E-state index contributed by atoms with van der Waals surface area (Å²) in [6.45, 7) is 7.24. The Balaban J connectivity index is 2.09. The van der Waals surface area contributed by atoms with Crippen molar-refractivity contribution in [3.63, 3.8) is 0 Å². The van der Waals surface area contributed by atoms with Crippen LogP contribution in [0.2, 0.25) is 4.34 Å². The first-order valence-electron chi connectivity index (χ1n) is 8.02. The number of rotatable bonds is 7. The van der Waals surface area contributed by atoms with Crippen LogP contribution in [0.4, 0.5) is 0 Å². The molecule has 2 N–H and O–H groups in total. The summed E-state index contributed by atoms with van der Waals surface area (Å²) >= 11 is 7.78. The molecule has 5 heteroatoms. The molecule has 1 aliphatic rings. The topological polar surface area (TPSA) is 38.5 Å². The summed E-state index contributed by atoms with van der Waals surface area (Å²) in [5.41, 5.74) is 6.42. The fraction of sp³-hybridized carbons (Fsp3) is 0.750. The Morgan fingerprint density at radius 3 is 2.90 bits per heavy atom. The van der Waals surface area contributed by atoms with E-state index in [1.165, 1.54) is 11.3 Å². The maximum atomic E-state index is 6.42. The molecule has 0 saturated carbocycles. The number of piperidine rings is 1. The second-order valence-electron chi connectivity index (χ2n) is 5.79. The lowest BCUT2D eigenvalue weighted by Crippen LogP contribution is -2.47. The number of halogens is 1. The Morgan fingerprint density at radius 2 is 2.29 bits per heavy atom. The highest BCUT2D eigenvalue weighted by Crippen LogP contribution is 2.34. The van der Waals surface area contributed by atoms with Crippen LogP contribution in [-0.4, -0.2) is 36.7 Å². The van der Waals surface area contributed by atoms with Gasteiger partial charge in [0.1, 0.15) is 0 Å². The van der Waals surface area contributed by atoms with E-state index >= 15 is 0 Å². The zero-order chi connectivity index (χ0) is 15.2. The molecule has 1 saturated heterocycles. The Kier molecular flexibility index (Phi) is 6.96. The van der Waals surface area contributed by atoms with Gasteiger partial charge in [0, 0.05) is 24.1 Å². The van der Waals surface area contributed by atoms with Crippen LogP contribution in [-0.2, 0) is 4.74 Å². The largest absolute Gasteiger partial charge is 0.377 e. The van der Waals surface area contributed by atoms with Crippen molar-refractivity contribution in [1.29, 1.82) is 0 Å². The van der Waals surface area contributed by atoms with Crippen LogP contribution in [0.3, 0.4) is 0 Å². The molecule has 0 bridgehead atoms. The first-order chi connectivity index (χ1) is 10.2. The fourth-order valence-electron chi connectivity index (χ4n) is 3.01. The molecule has 1 aromatic rings. The van der Waals surface area contributed by atoms with Gasteiger partial charge in [0.25, 0.3) is 0 Å². The second-order valence-corrected chi connectivity index (χ2v) is 7.54. The molecule has 0 amide bonds. The van der Waals surface area contributed by atoms with Crippen molar-refractivity contribution < 1.29 is 4.74 Å². The molecule has 1 fully saturated rings. The lowest BCUT2D eigenvalue weighted by atomic mass is 9.98. The van der Waals surface area contributed by atoms with E-state index in [-0.39, 0.29) is 12.1 Å². The maximum absolute atomic E-state index is 6.42. The highest BCUT2D eigenvalue weighted by atomic mass is 35.5. The third-order valence-corrected chi connectivity index (χ3v) is 5.42. The second kappa shape index (κ2) is 8.49. The van der Waals surface area contributed by atoms with E-state index in [1.807, 2.05) is 6.07 Å². The van der Waals surface area contributed by atoms with Gasteiger partial charge < -0.3 is 10.5 Å². The van der Waals surface area contributed by atoms with E-state index in [0.717, 1.165) is 43.3 Å². The lowest BCUT2D eigenvalue weighted by molar-refractivity contribution is -0.0160. The molecule has 2 heterocycles. The average molecular weight is 331 g/mol. The van der Waals surface area contributed by atoms with E-state index in [2.05, 4.69) is 24.8 Å². The molecule has 0 spiro atoms. The summed E-state index contributed by atoms with van der Waals surface area (Å²) in [5.74, 6) is 0. The van der Waals surface area contributed by atoms with Gasteiger partial charge in [-0.25, -0.2) is 0 Å². The van der Waals surface area contributed by atoms with Crippen LogP contribution in [0.5, 0.6) is 0 Å². The molecule has 0 radical (unpaired) electrons. The Bertz CT molecular complexity index is 426. The van der Waals surface area contributed by atoms with Gasteiger partial charge in [-0.05, 0) is 44.4 Å². The summed E-state index contributed by atoms with van der Waals surface area (Å²) in [6, 6.07) is 4.51. The van der Waals surface area contributed by atoms with Crippen LogP contribution in [0.1, 0.15) is 50.4 Å². The van der Waals surface area contributed by atoms with E-state index in [1.54, 1.807) is 11.3 Å². The van der Waals surface area contributed by atoms with Crippen molar-refractivity contribution in [2.75, 3.05) is 19.7 Å². The van der Waals surface area contributed by atoms with Crippen molar-refractivity contribution in [2.24, 2.45) is 5.73 Å². The number of ether oxygens (including phenoxy) is 1. The minimum absolute atomic E-state index is 0.143. The summed E-state index contributed by atoms with van der Waals surface area (Å²) in [4.78, 5) is 3.78. The predicted octanol–water partition coefficient (Wildman–Crippen LogP) is 4.07. The number of likely N-dealkylation sites (tertiary alicyclic amines) is 1. The zero-order valence-corrected chi connectivity index (χ0v) is 14.6. The summed E-state index contributed by atoms with van der Waals surface area (Å²) in [7, 11) is 0. The van der Waals surface area contributed by atoms with E-state index in [4.69, 9.17) is 22.1 Å². The number of thiophene rings is 1. The summed E-state index contributed by atoms with van der Waals surface area (Å²) in [6.07, 6.45) is 4.74. The third kappa shape index (κ3) is 4.67. The Labute approximate surface area is 137 Å². The van der Waals surface area contributed by atoms with Crippen molar-refractivity contribution in [3.8, 4) is 0 Å². The van der Waals surface area contributed by atoms with Crippen LogP contribution in [0, 0.1) is 0 Å². The number of hydrogen-bond acceptors (Lipinski definition) is 4. The quantitative estimate of drug-likeness (QED) is 0.819. The fourth-order valence-corrected chi connectivity index (χ4v) is 4.28. The lowest BCUT2D eigenvalue weighted by Gasteiger charge is -2.40. The van der Waals surface area contributed by atoms with Crippen molar-refractivity contribution in [3.05, 3.63) is 21.3 Å². The molecular weight excluding hydrogens is 304 g/mol. The van der Waals surface area contributed by atoms with Gasteiger partial charge in [-0.3, -0.25) is 4.90 Å². The maximum Gasteiger partial charge on any atom is 0.0931 e. The molecule has 3 atom stereocenters. The molecule has 0 aliphatic carbocycles. The molecular formula is C16H27ClN2OS. The average Bonchev–Trinajstić information content (AvgIpc) is 2.91. The Hall–Kier alpha value is -0.130. The number of nitrogens with zero attached hydrogens (tertiary/aromatic N) is 1. The zero-order valence-electron chi connectivity index (χ0n) is 13.1. The molecule has 21 heavy (non-hydrogen) atoms. The van der Waals surface area contributed by atoms with Crippen LogP contribution >= 0.6 is 22.9 Å². The van der Waals surface area contributed by atoms with Gasteiger partial charge in [-0.15, -0.1) is 11.3 Å². The SMILES string of the molecule is CCCOC1CCCN(C(c2ccc(Cl)s2)C(N)CC)C1. The van der Waals surface area contributed by atoms with Gasteiger partial charge in [0.05, 0.1) is 16.5 Å². The smallest absolute Gasteiger partial charge is 0.0931 e. The van der Waals surface area contributed by atoms with Crippen molar-refractivity contribution in [1.82, 2.24) is 4.90 Å². The van der Waals surface area contributed by atoms with E-state index < -0.39 is 0 Å². The molecule has 3 nitrogen and oxygen atoms in total.